The molecule has 1 amide bonds. The number of ether oxygens (including phenoxy) is 1. The third-order valence-electron chi connectivity index (χ3n) is 2.60. The van der Waals surface area contributed by atoms with Crippen LogP contribution in [0.4, 0.5) is 18.0 Å². The van der Waals surface area contributed by atoms with E-state index < -0.39 is 30.1 Å². The van der Waals surface area contributed by atoms with Gasteiger partial charge < -0.3 is 14.2 Å². The van der Waals surface area contributed by atoms with Crippen LogP contribution in [0.25, 0.3) is 0 Å². The number of rotatable bonds is 3. The number of amides is 1. The summed E-state index contributed by atoms with van der Waals surface area (Å²) in [5.41, 5.74) is -1.11. The lowest BCUT2D eigenvalue weighted by atomic mass is 10.3. The van der Waals surface area contributed by atoms with Crippen molar-refractivity contribution in [2.24, 2.45) is 14.1 Å². The molecule has 0 saturated heterocycles. The molecule has 0 bridgehead atoms. The summed E-state index contributed by atoms with van der Waals surface area (Å²) in [5.74, 6) is 0. The summed E-state index contributed by atoms with van der Waals surface area (Å²) in [5, 5.41) is 0. The quantitative estimate of drug-likeness (QED) is 0.800. The van der Waals surface area contributed by atoms with E-state index in [-0.39, 0.29) is 12.1 Å². The highest BCUT2D eigenvalue weighted by molar-refractivity contribution is 5.67. The number of carbonyl (C=O) groups excluding carboxylic acids is 1. The molecule has 0 fully saturated rings. The fourth-order valence-electron chi connectivity index (χ4n) is 1.57. The maximum atomic E-state index is 11.9. The van der Waals surface area contributed by atoms with Crippen LogP contribution in [-0.2, 0) is 25.4 Å². The molecule has 1 aromatic heterocycles. The molecule has 21 heavy (non-hydrogen) atoms. The number of aryl methyl sites for hydroxylation is 1. The van der Waals surface area contributed by atoms with Crippen LogP contribution in [0.5, 0.6) is 0 Å². The molecule has 0 aliphatic heterocycles. The first-order valence-corrected chi connectivity index (χ1v) is 5.73. The van der Waals surface area contributed by atoms with Gasteiger partial charge in [0.05, 0.1) is 12.1 Å². The largest absolute Gasteiger partial charge is 0.440 e. The van der Waals surface area contributed by atoms with Crippen molar-refractivity contribution in [1.82, 2.24) is 14.0 Å². The van der Waals surface area contributed by atoms with Crippen LogP contribution in [0, 0.1) is 0 Å². The molecule has 0 saturated carbocycles. The zero-order valence-electron chi connectivity index (χ0n) is 11.6. The molecular weight excluding hydrogens is 295 g/mol. The van der Waals surface area contributed by atoms with Crippen molar-refractivity contribution >= 4 is 6.09 Å². The molecule has 1 heterocycles. The van der Waals surface area contributed by atoms with Gasteiger partial charge in [0.1, 0.15) is 0 Å². The normalized spacial score (nSPS) is 11.3. The van der Waals surface area contributed by atoms with E-state index in [1.54, 1.807) is 0 Å². The highest BCUT2D eigenvalue weighted by atomic mass is 19.4. The van der Waals surface area contributed by atoms with E-state index in [2.05, 4.69) is 4.74 Å². The Labute approximate surface area is 117 Å². The molecule has 0 aliphatic carbocycles. The van der Waals surface area contributed by atoms with Gasteiger partial charge in [0, 0.05) is 27.3 Å². The number of carbonyl (C=O) groups is 1. The third kappa shape index (κ3) is 4.36. The second kappa shape index (κ2) is 6.02. The second-order valence-electron chi connectivity index (χ2n) is 4.44. The SMILES string of the molecule is CN(Cc1cn(C)c(=O)n(C)c1=O)C(=O)OCC(F)(F)F. The van der Waals surface area contributed by atoms with Crippen molar-refractivity contribution in [2.45, 2.75) is 12.7 Å². The molecule has 0 atom stereocenters. The monoisotopic (exact) mass is 309 g/mol. The van der Waals surface area contributed by atoms with Crippen molar-refractivity contribution in [3.63, 3.8) is 0 Å². The van der Waals surface area contributed by atoms with Gasteiger partial charge in [0.15, 0.2) is 6.61 Å². The van der Waals surface area contributed by atoms with Crippen molar-refractivity contribution in [3.8, 4) is 0 Å². The summed E-state index contributed by atoms with van der Waals surface area (Å²) < 4.78 is 41.8. The lowest BCUT2D eigenvalue weighted by Crippen LogP contribution is -2.40. The Bertz CT molecular complexity index is 648. The molecule has 7 nitrogen and oxygen atoms in total. The molecule has 118 valence electrons. The Morgan fingerprint density at radius 1 is 1.33 bits per heavy atom. The summed E-state index contributed by atoms with van der Waals surface area (Å²) in [6.45, 7) is -1.99. The number of alkyl halides is 3. The summed E-state index contributed by atoms with van der Waals surface area (Å²) in [7, 11) is 3.85. The van der Waals surface area contributed by atoms with Gasteiger partial charge in [0.25, 0.3) is 5.56 Å². The van der Waals surface area contributed by atoms with Crippen molar-refractivity contribution in [3.05, 3.63) is 32.6 Å². The van der Waals surface area contributed by atoms with Crippen molar-refractivity contribution in [2.75, 3.05) is 13.7 Å². The molecule has 1 rings (SSSR count). The average Bonchev–Trinajstić information content (AvgIpc) is 2.38. The Kier molecular flexibility index (Phi) is 4.81. The number of nitrogens with zero attached hydrogens (tertiary/aromatic N) is 3. The number of aromatic nitrogens is 2. The van der Waals surface area contributed by atoms with Gasteiger partial charge in [-0.25, -0.2) is 9.59 Å². The van der Waals surface area contributed by atoms with Crippen LogP contribution in [0.3, 0.4) is 0 Å². The van der Waals surface area contributed by atoms with Gasteiger partial charge >= 0.3 is 18.0 Å². The van der Waals surface area contributed by atoms with Crippen molar-refractivity contribution < 1.29 is 22.7 Å². The fourth-order valence-corrected chi connectivity index (χ4v) is 1.57. The predicted octanol–water partition coefficient (Wildman–Crippen LogP) is 0.215. The van der Waals surface area contributed by atoms with E-state index in [1.165, 1.54) is 27.3 Å². The van der Waals surface area contributed by atoms with E-state index in [4.69, 9.17) is 0 Å². The van der Waals surface area contributed by atoms with Gasteiger partial charge in [-0.1, -0.05) is 0 Å². The van der Waals surface area contributed by atoms with E-state index in [0.29, 0.717) is 0 Å². The molecule has 0 aliphatic rings. The molecule has 0 spiro atoms. The van der Waals surface area contributed by atoms with Crippen LogP contribution in [-0.4, -0.2) is 40.0 Å². The smallest absolute Gasteiger partial charge is 0.422 e. The van der Waals surface area contributed by atoms with Crippen LogP contribution >= 0.6 is 0 Å². The Morgan fingerprint density at radius 3 is 2.43 bits per heavy atom. The van der Waals surface area contributed by atoms with Gasteiger partial charge in [0.2, 0.25) is 0 Å². The van der Waals surface area contributed by atoms with Gasteiger partial charge in [-0.3, -0.25) is 9.36 Å². The second-order valence-corrected chi connectivity index (χ2v) is 4.44. The number of hydrogen-bond donors (Lipinski definition) is 0. The van der Waals surface area contributed by atoms with Crippen LogP contribution in [0.2, 0.25) is 0 Å². The maximum Gasteiger partial charge on any atom is 0.422 e. The minimum Gasteiger partial charge on any atom is -0.440 e. The first kappa shape index (κ1) is 16.8. The Balaban J connectivity index is 2.85. The standard InChI is InChI=1S/C11H14F3N3O4/c1-15-4-7(8(18)17(3)9(15)19)5-16(2)10(20)21-6-11(12,13)14/h4H,5-6H2,1-3H3. The van der Waals surface area contributed by atoms with E-state index in [9.17, 15) is 27.6 Å². The molecule has 0 unspecified atom stereocenters. The fraction of sp³-hybridized carbons (Fsp3) is 0.545. The van der Waals surface area contributed by atoms with Gasteiger partial charge in [-0.2, -0.15) is 13.2 Å². The van der Waals surface area contributed by atoms with Crippen LogP contribution in [0.1, 0.15) is 5.56 Å². The summed E-state index contributed by atoms with van der Waals surface area (Å²) in [4.78, 5) is 35.5. The third-order valence-corrected chi connectivity index (χ3v) is 2.60. The molecule has 0 aromatic carbocycles. The Morgan fingerprint density at radius 2 is 1.90 bits per heavy atom. The molecule has 1 aromatic rings. The van der Waals surface area contributed by atoms with E-state index in [1.807, 2.05) is 0 Å². The predicted molar refractivity (Wildman–Crippen MR) is 65.8 cm³/mol. The van der Waals surface area contributed by atoms with Gasteiger partial charge in [-0.05, 0) is 0 Å². The average molecular weight is 309 g/mol. The molecule has 10 heteroatoms. The minimum atomic E-state index is -4.62. The molecule has 0 N–H and O–H groups in total. The Hall–Kier alpha value is -2.26. The summed E-state index contributed by atoms with van der Waals surface area (Å²) in [6, 6.07) is 0. The van der Waals surface area contributed by atoms with E-state index >= 15 is 0 Å². The highest BCUT2D eigenvalue weighted by Crippen LogP contribution is 2.15. The summed E-state index contributed by atoms with van der Waals surface area (Å²) >= 11 is 0. The zero-order chi connectivity index (χ0) is 16.4. The first-order valence-electron chi connectivity index (χ1n) is 5.73. The van der Waals surface area contributed by atoms with E-state index in [0.717, 1.165) is 14.0 Å². The lowest BCUT2D eigenvalue weighted by molar-refractivity contribution is -0.162. The van der Waals surface area contributed by atoms with Crippen LogP contribution in [0.15, 0.2) is 15.8 Å². The first-order chi connectivity index (χ1) is 9.53. The summed E-state index contributed by atoms with van der Waals surface area (Å²) in [6.07, 6.45) is -4.62. The van der Waals surface area contributed by atoms with Crippen LogP contribution < -0.4 is 11.2 Å². The number of hydrogen-bond acceptors (Lipinski definition) is 4. The zero-order valence-corrected chi connectivity index (χ0v) is 11.6. The number of halogens is 3. The lowest BCUT2D eigenvalue weighted by Gasteiger charge is -2.18. The molecule has 0 radical (unpaired) electrons. The topological polar surface area (TPSA) is 73.5 Å². The van der Waals surface area contributed by atoms with Gasteiger partial charge in [-0.15, -0.1) is 0 Å². The molecular formula is C11H14F3N3O4. The highest BCUT2D eigenvalue weighted by Gasteiger charge is 2.30. The van der Waals surface area contributed by atoms with Crippen molar-refractivity contribution in [1.29, 1.82) is 0 Å². The minimum absolute atomic E-state index is 0.0751. The maximum absolute atomic E-state index is 11.9.